The van der Waals surface area contributed by atoms with Crippen LogP contribution < -0.4 is 4.72 Å². The van der Waals surface area contributed by atoms with E-state index in [1.54, 1.807) is 0 Å². The van der Waals surface area contributed by atoms with Crippen molar-refractivity contribution in [3.63, 3.8) is 0 Å². The molecule has 0 aromatic heterocycles. The maximum Gasteiger partial charge on any atom is 0.214 e. The van der Waals surface area contributed by atoms with Crippen molar-refractivity contribution in [1.82, 2.24) is 4.72 Å². The van der Waals surface area contributed by atoms with Gasteiger partial charge in [-0.05, 0) is 38.0 Å². The minimum absolute atomic E-state index is 0.104. The quantitative estimate of drug-likeness (QED) is 0.776. The van der Waals surface area contributed by atoms with E-state index in [1.807, 2.05) is 0 Å². The monoisotopic (exact) mass is 251 g/mol. The molecule has 0 aromatic rings. The molecule has 5 heteroatoms. The van der Waals surface area contributed by atoms with Crippen LogP contribution in [0.25, 0.3) is 0 Å². The summed E-state index contributed by atoms with van der Waals surface area (Å²) in [6.07, 6.45) is 5.93. The van der Waals surface area contributed by atoms with E-state index in [1.165, 1.54) is 0 Å². The van der Waals surface area contributed by atoms with Crippen LogP contribution in [0.15, 0.2) is 0 Å². The summed E-state index contributed by atoms with van der Waals surface area (Å²) in [5, 5.41) is 0.141. The highest BCUT2D eigenvalue weighted by Gasteiger charge is 2.35. The maximum absolute atomic E-state index is 11.6. The minimum atomic E-state index is -3.00. The van der Waals surface area contributed by atoms with E-state index in [4.69, 9.17) is 11.6 Å². The maximum atomic E-state index is 11.6. The Bertz CT molecular complexity index is 313. The Morgan fingerprint density at radius 2 is 1.93 bits per heavy atom. The van der Waals surface area contributed by atoms with Crippen LogP contribution in [0.1, 0.15) is 38.5 Å². The fraction of sp³-hybridized carbons (Fsp3) is 1.00. The van der Waals surface area contributed by atoms with E-state index in [0.717, 1.165) is 38.5 Å². The van der Waals surface area contributed by atoms with E-state index in [2.05, 4.69) is 4.72 Å². The van der Waals surface area contributed by atoms with Gasteiger partial charge in [-0.2, -0.15) is 0 Å². The van der Waals surface area contributed by atoms with Crippen LogP contribution in [-0.4, -0.2) is 25.6 Å². The van der Waals surface area contributed by atoms with Crippen molar-refractivity contribution in [2.45, 2.75) is 49.2 Å². The zero-order chi connectivity index (χ0) is 10.9. The van der Waals surface area contributed by atoms with E-state index < -0.39 is 10.0 Å². The highest BCUT2D eigenvalue weighted by Crippen LogP contribution is 2.30. The number of sulfonamides is 1. The summed E-state index contributed by atoms with van der Waals surface area (Å²) in [6.45, 7) is 0.585. The molecule has 1 N–H and O–H groups in total. The topological polar surface area (TPSA) is 46.2 Å². The predicted octanol–water partition coefficient (Wildman–Crippen LogP) is 1.87. The lowest BCUT2D eigenvalue weighted by Gasteiger charge is -2.25. The molecule has 2 fully saturated rings. The Labute approximate surface area is 96.6 Å². The number of hydrogen-bond acceptors (Lipinski definition) is 2. The Morgan fingerprint density at radius 1 is 1.20 bits per heavy atom. The van der Waals surface area contributed by atoms with E-state index in [-0.39, 0.29) is 10.6 Å². The summed E-state index contributed by atoms with van der Waals surface area (Å²) >= 11 is 6.06. The third-order valence-electron chi connectivity index (χ3n) is 3.26. The van der Waals surface area contributed by atoms with Crippen LogP contribution in [-0.2, 0) is 10.0 Å². The summed E-state index contributed by atoms with van der Waals surface area (Å²) in [4.78, 5) is 0. The van der Waals surface area contributed by atoms with Gasteiger partial charge < -0.3 is 0 Å². The van der Waals surface area contributed by atoms with Crippen LogP contribution >= 0.6 is 11.6 Å². The van der Waals surface area contributed by atoms with Gasteiger partial charge in [-0.15, -0.1) is 11.6 Å². The van der Waals surface area contributed by atoms with Gasteiger partial charge in [0.05, 0.1) is 5.25 Å². The molecule has 0 saturated heterocycles. The SMILES string of the molecule is O=S(=O)(NCC1CCCC(Cl)C1)C1CC1. The molecular formula is C10H18ClNO2S. The molecule has 2 aliphatic carbocycles. The lowest BCUT2D eigenvalue weighted by molar-refractivity contribution is 0.361. The van der Waals surface area contributed by atoms with Crippen LogP contribution in [0.5, 0.6) is 0 Å². The zero-order valence-corrected chi connectivity index (χ0v) is 10.4. The van der Waals surface area contributed by atoms with Gasteiger partial charge in [-0.25, -0.2) is 13.1 Å². The first-order valence-corrected chi connectivity index (χ1v) is 7.69. The third kappa shape index (κ3) is 3.33. The van der Waals surface area contributed by atoms with Gasteiger partial charge in [-0.3, -0.25) is 0 Å². The molecule has 0 spiro atoms. The molecule has 2 atom stereocenters. The Balaban J connectivity index is 1.77. The van der Waals surface area contributed by atoms with Gasteiger partial charge in [0.15, 0.2) is 0 Å². The summed E-state index contributed by atoms with van der Waals surface area (Å²) in [7, 11) is -3.00. The average molecular weight is 252 g/mol. The van der Waals surface area contributed by atoms with E-state index in [0.29, 0.717) is 12.5 Å². The molecule has 88 valence electrons. The molecule has 0 heterocycles. The Kier molecular flexibility index (Phi) is 3.58. The fourth-order valence-corrected chi connectivity index (χ4v) is 4.01. The second-order valence-electron chi connectivity index (χ2n) is 4.72. The largest absolute Gasteiger partial charge is 0.215 e. The molecule has 0 amide bonds. The van der Waals surface area contributed by atoms with Crippen LogP contribution in [0.2, 0.25) is 0 Å². The van der Waals surface area contributed by atoms with Gasteiger partial charge in [0.25, 0.3) is 0 Å². The molecule has 0 bridgehead atoms. The van der Waals surface area contributed by atoms with Gasteiger partial charge in [0.1, 0.15) is 0 Å². The molecule has 3 nitrogen and oxygen atoms in total. The summed E-state index contributed by atoms with van der Waals surface area (Å²) in [6, 6.07) is 0. The first-order valence-electron chi connectivity index (χ1n) is 5.70. The molecule has 2 unspecified atom stereocenters. The van der Waals surface area contributed by atoms with Crippen molar-refractivity contribution < 1.29 is 8.42 Å². The van der Waals surface area contributed by atoms with Crippen LogP contribution in [0.3, 0.4) is 0 Å². The second-order valence-corrected chi connectivity index (χ2v) is 7.39. The van der Waals surface area contributed by atoms with Crippen molar-refractivity contribution >= 4 is 21.6 Å². The summed E-state index contributed by atoms with van der Waals surface area (Å²) in [5.41, 5.74) is 0. The predicted molar refractivity (Wildman–Crippen MR) is 61.5 cm³/mol. The standard InChI is InChI=1S/C10H18ClNO2S/c11-9-3-1-2-8(6-9)7-12-15(13,14)10-4-5-10/h8-10,12H,1-7H2. The first-order chi connectivity index (χ1) is 7.08. The van der Waals surface area contributed by atoms with Crippen LogP contribution in [0.4, 0.5) is 0 Å². The second kappa shape index (κ2) is 4.60. The van der Waals surface area contributed by atoms with Crippen molar-refractivity contribution in [1.29, 1.82) is 0 Å². The molecule has 2 rings (SSSR count). The van der Waals surface area contributed by atoms with Crippen molar-refractivity contribution in [3.8, 4) is 0 Å². The molecule has 0 radical (unpaired) electrons. The lowest BCUT2D eigenvalue weighted by atomic mass is 9.89. The Hall–Kier alpha value is 0.200. The van der Waals surface area contributed by atoms with Gasteiger partial charge in [0.2, 0.25) is 10.0 Å². The minimum Gasteiger partial charge on any atom is -0.215 e. The molecule has 2 saturated carbocycles. The Morgan fingerprint density at radius 3 is 2.53 bits per heavy atom. The molecule has 2 aliphatic rings. The molecule has 0 aliphatic heterocycles. The number of rotatable bonds is 4. The fourth-order valence-electron chi connectivity index (χ4n) is 2.14. The number of alkyl halides is 1. The van der Waals surface area contributed by atoms with Crippen molar-refractivity contribution in [2.24, 2.45) is 5.92 Å². The molecular weight excluding hydrogens is 234 g/mol. The average Bonchev–Trinajstić information content (AvgIpc) is 2.98. The molecule has 15 heavy (non-hydrogen) atoms. The smallest absolute Gasteiger partial charge is 0.214 e. The van der Waals surface area contributed by atoms with Crippen LogP contribution in [0, 0.1) is 5.92 Å². The zero-order valence-electron chi connectivity index (χ0n) is 8.78. The molecule has 0 aromatic carbocycles. The third-order valence-corrected chi connectivity index (χ3v) is 5.57. The summed E-state index contributed by atoms with van der Waals surface area (Å²) < 4.78 is 25.9. The van der Waals surface area contributed by atoms with E-state index in [9.17, 15) is 8.42 Å². The lowest BCUT2D eigenvalue weighted by Crippen LogP contribution is -2.34. The normalized spacial score (nSPS) is 32.9. The van der Waals surface area contributed by atoms with E-state index >= 15 is 0 Å². The van der Waals surface area contributed by atoms with Crippen molar-refractivity contribution in [3.05, 3.63) is 0 Å². The number of halogens is 1. The number of hydrogen-bond donors (Lipinski definition) is 1. The number of nitrogens with one attached hydrogen (secondary N) is 1. The highest BCUT2D eigenvalue weighted by molar-refractivity contribution is 7.90. The summed E-state index contributed by atoms with van der Waals surface area (Å²) in [5.74, 6) is 0.440. The van der Waals surface area contributed by atoms with Gasteiger partial charge >= 0.3 is 0 Å². The first kappa shape index (κ1) is 11.7. The van der Waals surface area contributed by atoms with Gasteiger partial charge in [-0.1, -0.05) is 6.42 Å². The van der Waals surface area contributed by atoms with Gasteiger partial charge in [0, 0.05) is 11.9 Å². The van der Waals surface area contributed by atoms with Crippen molar-refractivity contribution in [2.75, 3.05) is 6.54 Å². The highest BCUT2D eigenvalue weighted by atomic mass is 35.5.